The van der Waals surface area contributed by atoms with Gasteiger partial charge in [0.2, 0.25) is 0 Å². The minimum absolute atomic E-state index is 0.0104. The summed E-state index contributed by atoms with van der Waals surface area (Å²) in [4.78, 5) is 0.0411. The van der Waals surface area contributed by atoms with Gasteiger partial charge in [0.15, 0.2) is 9.84 Å². The van der Waals surface area contributed by atoms with Gasteiger partial charge in [-0.1, -0.05) is 6.07 Å². The summed E-state index contributed by atoms with van der Waals surface area (Å²) in [6.45, 7) is 1.88. The first-order chi connectivity index (χ1) is 8.56. The molecule has 1 N–H and O–H groups in total. The highest BCUT2D eigenvalue weighted by atomic mass is 32.2. The molecule has 0 atom stereocenters. The molecule has 1 aromatic rings. The van der Waals surface area contributed by atoms with E-state index >= 15 is 0 Å². The highest BCUT2D eigenvalue weighted by Gasteiger charge is 2.14. The minimum Gasteiger partial charge on any atom is -0.383 e. The zero-order valence-corrected chi connectivity index (χ0v) is 11.2. The van der Waals surface area contributed by atoms with Crippen molar-refractivity contribution in [2.24, 2.45) is 0 Å². The molecule has 18 heavy (non-hydrogen) atoms. The lowest BCUT2D eigenvalue weighted by molar-refractivity contribution is 0.199. The Hall–Kier alpha value is -0.980. The van der Waals surface area contributed by atoms with Gasteiger partial charge in [-0.2, -0.15) is 0 Å². The van der Waals surface area contributed by atoms with Crippen LogP contribution in [-0.2, 0) is 14.6 Å². The SMILES string of the molecule is COCCNCCCS(=O)(=O)c1cccc(F)c1. The lowest BCUT2D eigenvalue weighted by atomic mass is 10.4. The second kappa shape index (κ2) is 7.45. The van der Waals surface area contributed by atoms with Gasteiger partial charge >= 0.3 is 0 Å². The molecule has 0 saturated heterocycles. The van der Waals surface area contributed by atoms with Crippen molar-refractivity contribution in [1.29, 1.82) is 0 Å². The summed E-state index contributed by atoms with van der Waals surface area (Å²) in [7, 11) is -1.78. The molecular weight excluding hydrogens is 257 g/mol. The van der Waals surface area contributed by atoms with E-state index in [2.05, 4.69) is 5.32 Å². The second-order valence-corrected chi connectivity index (χ2v) is 5.98. The predicted molar refractivity (Wildman–Crippen MR) is 67.8 cm³/mol. The lowest BCUT2D eigenvalue weighted by Crippen LogP contribution is -2.22. The third-order valence-corrected chi connectivity index (χ3v) is 4.20. The van der Waals surface area contributed by atoms with Gasteiger partial charge in [-0.25, -0.2) is 12.8 Å². The topological polar surface area (TPSA) is 55.4 Å². The third-order valence-electron chi connectivity index (χ3n) is 2.40. The zero-order valence-electron chi connectivity index (χ0n) is 10.4. The van der Waals surface area contributed by atoms with Gasteiger partial charge in [0, 0.05) is 13.7 Å². The van der Waals surface area contributed by atoms with Crippen molar-refractivity contribution in [3.8, 4) is 0 Å². The van der Waals surface area contributed by atoms with Crippen LogP contribution in [0, 0.1) is 5.82 Å². The molecule has 0 aliphatic carbocycles. The number of hydrogen-bond acceptors (Lipinski definition) is 4. The van der Waals surface area contributed by atoms with E-state index in [0.717, 1.165) is 6.07 Å². The Kier molecular flexibility index (Phi) is 6.24. The van der Waals surface area contributed by atoms with Gasteiger partial charge in [0.1, 0.15) is 5.82 Å². The molecule has 0 radical (unpaired) electrons. The minimum atomic E-state index is -3.39. The first-order valence-corrected chi connectivity index (χ1v) is 7.39. The summed E-state index contributed by atoms with van der Waals surface area (Å²) in [6.07, 6.45) is 0.489. The van der Waals surface area contributed by atoms with Gasteiger partial charge in [0.05, 0.1) is 17.3 Å². The Morgan fingerprint density at radius 3 is 2.78 bits per heavy atom. The number of sulfone groups is 1. The maximum absolute atomic E-state index is 12.9. The highest BCUT2D eigenvalue weighted by molar-refractivity contribution is 7.91. The van der Waals surface area contributed by atoms with Crippen LogP contribution >= 0.6 is 0 Å². The van der Waals surface area contributed by atoms with Crippen LogP contribution in [-0.4, -0.2) is 41.0 Å². The number of rotatable bonds is 8. The van der Waals surface area contributed by atoms with Crippen LogP contribution in [0.2, 0.25) is 0 Å². The first kappa shape index (κ1) is 15.1. The molecule has 102 valence electrons. The van der Waals surface area contributed by atoms with E-state index < -0.39 is 15.7 Å². The summed E-state index contributed by atoms with van der Waals surface area (Å²) in [6, 6.07) is 5.09. The smallest absolute Gasteiger partial charge is 0.178 e. The largest absolute Gasteiger partial charge is 0.383 e. The van der Waals surface area contributed by atoms with Gasteiger partial charge in [0.25, 0.3) is 0 Å². The standard InChI is InChI=1S/C12H18FNO3S/c1-17-8-7-14-6-3-9-18(15,16)12-5-2-4-11(13)10-12/h2,4-5,10,14H,3,6-9H2,1H3. The molecule has 0 heterocycles. The molecular formula is C12H18FNO3S. The third kappa shape index (κ3) is 5.12. The van der Waals surface area contributed by atoms with Gasteiger partial charge in [-0.15, -0.1) is 0 Å². The average molecular weight is 275 g/mol. The summed E-state index contributed by atoms with van der Waals surface area (Å²) in [5.41, 5.74) is 0. The monoisotopic (exact) mass is 275 g/mol. The van der Waals surface area contributed by atoms with E-state index in [1.165, 1.54) is 18.2 Å². The van der Waals surface area contributed by atoms with Gasteiger partial charge < -0.3 is 10.1 Å². The van der Waals surface area contributed by atoms with Crippen LogP contribution in [0.4, 0.5) is 4.39 Å². The van der Waals surface area contributed by atoms with E-state index in [0.29, 0.717) is 26.1 Å². The molecule has 6 heteroatoms. The fourth-order valence-electron chi connectivity index (χ4n) is 1.46. The van der Waals surface area contributed by atoms with Crippen molar-refractivity contribution in [3.05, 3.63) is 30.1 Å². The van der Waals surface area contributed by atoms with E-state index in [9.17, 15) is 12.8 Å². The lowest BCUT2D eigenvalue weighted by Gasteiger charge is -2.06. The zero-order chi connectivity index (χ0) is 13.4. The molecule has 0 saturated carbocycles. The number of hydrogen-bond donors (Lipinski definition) is 1. The van der Waals surface area contributed by atoms with E-state index in [-0.39, 0.29) is 10.6 Å². The highest BCUT2D eigenvalue weighted by Crippen LogP contribution is 2.13. The predicted octanol–water partition coefficient (Wildman–Crippen LogP) is 1.23. The number of nitrogens with one attached hydrogen (secondary N) is 1. The maximum atomic E-state index is 12.9. The number of ether oxygens (including phenoxy) is 1. The van der Waals surface area contributed by atoms with Crippen LogP contribution in [0.3, 0.4) is 0 Å². The molecule has 0 unspecified atom stereocenters. The molecule has 4 nitrogen and oxygen atoms in total. The molecule has 0 aromatic heterocycles. The normalized spacial score (nSPS) is 11.7. The van der Waals surface area contributed by atoms with E-state index in [1.54, 1.807) is 7.11 Å². The van der Waals surface area contributed by atoms with Crippen LogP contribution in [0.15, 0.2) is 29.2 Å². The van der Waals surface area contributed by atoms with Crippen molar-refractivity contribution >= 4 is 9.84 Å². The van der Waals surface area contributed by atoms with Crippen LogP contribution in [0.1, 0.15) is 6.42 Å². The van der Waals surface area contributed by atoms with Crippen molar-refractivity contribution in [1.82, 2.24) is 5.32 Å². The summed E-state index contributed by atoms with van der Waals surface area (Å²) in [5, 5.41) is 3.06. The molecule has 0 spiro atoms. The van der Waals surface area contributed by atoms with E-state index in [4.69, 9.17) is 4.74 Å². The van der Waals surface area contributed by atoms with Crippen LogP contribution in [0.5, 0.6) is 0 Å². The maximum Gasteiger partial charge on any atom is 0.178 e. The number of benzene rings is 1. The van der Waals surface area contributed by atoms with Gasteiger partial charge in [-0.3, -0.25) is 0 Å². The number of halogens is 1. The summed E-state index contributed by atoms with van der Waals surface area (Å²) >= 11 is 0. The molecule has 0 fully saturated rings. The Balaban J connectivity index is 2.41. The van der Waals surface area contributed by atoms with Crippen molar-refractivity contribution in [2.45, 2.75) is 11.3 Å². The number of methoxy groups -OCH3 is 1. The first-order valence-electron chi connectivity index (χ1n) is 5.74. The molecule has 0 bridgehead atoms. The van der Waals surface area contributed by atoms with Crippen molar-refractivity contribution in [3.63, 3.8) is 0 Å². The van der Waals surface area contributed by atoms with Crippen LogP contribution < -0.4 is 5.32 Å². The Labute approximate surface area is 107 Å². The summed E-state index contributed by atoms with van der Waals surface area (Å²) < 4.78 is 41.5. The average Bonchev–Trinajstić information content (AvgIpc) is 2.33. The summed E-state index contributed by atoms with van der Waals surface area (Å²) in [5.74, 6) is -0.523. The molecule has 1 aromatic carbocycles. The molecule has 0 aliphatic rings. The Morgan fingerprint density at radius 2 is 2.11 bits per heavy atom. The van der Waals surface area contributed by atoms with E-state index in [1.807, 2.05) is 0 Å². The van der Waals surface area contributed by atoms with Crippen molar-refractivity contribution < 1.29 is 17.5 Å². The van der Waals surface area contributed by atoms with Crippen LogP contribution in [0.25, 0.3) is 0 Å². The molecule has 1 rings (SSSR count). The fourth-order valence-corrected chi connectivity index (χ4v) is 2.80. The molecule has 0 aliphatic heterocycles. The second-order valence-electron chi connectivity index (χ2n) is 3.87. The van der Waals surface area contributed by atoms with Crippen molar-refractivity contribution in [2.75, 3.05) is 32.6 Å². The molecule has 0 amide bonds. The van der Waals surface area contributed by atoms with Gasteiger partial charge in [-0.05, 0) is 31.2 Å². The fraction of sp³-hybridized carbons (Fsp3) is 0.500. The Morgan fingerprint density at radius 1 is 1.33 bits per heavy atom. The Bertz CT molecular complexity index is 462. The quantitative estimate of drug-likeness (QED) is 0.725.